The summed E-state index contributed by atoms with van der Waals surface area (Å²) in [6.07, 6.45) is 4.15. The van der Waals surface area contributed by atoms with Gasteiger partial charge in [-0.2, -0.15) is 0 Å². The van der Waals surface area contributed by atoms with Crippen LogP contribution in [-0.2, 0) is 39.9 Å². The minimum atomic E-state index is -3.65. The Hall–Kier alpha value is -2.32. The van der Waals surface area contributed by atoms with E-state index in [2.05, 4.69) is 20.3 Å². The molecular weight excluding hydrogens is 535 g/mol. The Morgan fingerprint density at radius 3 is 2.82 bits per heavy atom. The number of nitrogens with zero attached hydrogens (tertiary/aromatic N) is 4. The highest BCUT2D eigenvalue weighted by Crippen LogP contribution is 2.50. The maximum Gasteiger partial charge on any atom is 0.324 e. The minimum absolute atomic E-state index is 0.0115. The number of nitrogen functional groups attached to an aromatic ring is 1. The van der Waals surface area contributed by atoms with Gasteiger partial charge in [0.25, 0.3) is 5.91 Å². The van der Waals surface area contributed by atoms with E-state index in [4.69, 9.17) is 36.1 Å². The van der Waals surface area contributed by atoms with Gasteiger partial charge >= 0.3 is 6.72 Å². The van der Waals surface area contributed by atoms with Gasteiger partial charge in [0.1, 0.15) is 18.1 Å². The van der Waals surface area contributed by atoms with Crippen molar-refractivity contribution in [1.29, 1.82) is 0 Å². The van der Waals surface area contributed by atoms with E-state index in [0.717, 1.165) is 0 Å². The van der Waals surface area contributed by atoms with Crippen LogP contribution in [0.25, 0.3) is 11.2 Å². The summed E-state index contributed by atoms with van der Waals surface area (Å²) in [6, 6.07) is 0. The van der Waals surface area contributed by atoms with Crippen molar-refractivity contribution in [3.63, 3.8) is 0 Å². The number of carbonyl (C=O) groups excluding carboxylic acids is 2. The number of imide groups is 1. The molecule has 0 bridgehead atoms. The van der Waals surface area contributed by atoms with Gasteiger partial charge in [0.05, 0.1) is 43.3 Å². The fourth-order valence-corrected chi connectivity index (χ4v) is 6.63. The fourth-order valence-electron chi connectivity index (χ4n) is 5.15. The average molecular weight is 567 g/mol. The Balaban J connectivity index is 1.20. The lowest BCUT2D eigenvalue weighted by atomic mass is 9.90. The van der Waals surface area contributed by atoms with Crippen molar-refractivity contribution < 1.29 is 33.0 Å². The van der Waals surface area contributed by atoms with Gasteiger partial charge in [-0.3, -0.25) is 19.5 Å². The Bertz CT molecular complexity index is 1320. The van der Waals surface area contributed by atoms with E-state index in [9.17, 15) is 14.5 Å². The molecule has 8 atom stereocenters. The number of anilines is 1. The number of ether oxygens (including phenoxy) is 2. The lowest BCUT2D eigenvalue weighted by Crippen LogP contribution is -2.44. The molecule has 0 radical (unpaired) electrons. The molecule has 0 saturated carbocycles. The van der Waals surface area contributed by atoms with Crippen LogP contribution in [0.5, 0.6) is 0 Å². The Labute approximate surface area is 224 Å². The van der Waals surface area contributed by atoms with Crippen LogP contribution in [0.1, 0.15) is 46.3 Å². The highest BCUT2D eigenvalue weighted by atomic mass is 32.5. The summed E-state index contributed by atoms with van der Waals surface area (Å²) in [7, 11) is 0. The first-order valence-electron chi connectivity index (χ1n) is 12.5. The molecule has 2 fully saturated rings. The van der Waals surface area contributed by atoms with Gasteiger partial charge in [0, 0.05) is 12.0 Å². The summed E-state index contributed by atoms with van der Waals surface area (Å²) in [5.41, 5.74) is 7.40. The van der Waals surface area contributed by atoms with Crippen molar-refractivity contribution in [3.8, 4) is 0 Å². The highest BCUT2D eigenvalue weighted by Gasteiger charge is 2.43. The fraction of sp³-hybridized carbons (Fsp3) is 0.609. The minimum Gasteiger partial charge on any atom is -0.382 e. The second-order valence-corrected chi connectivity index (χ2v) is 12.7. The zero-order valence-electron chi connectivity index (χ0n) is 21.2. The molecule has 3 aliphatic heterocycles. The molecule has 2 aromatic rings. The van der Waals surface area contributed by atoms with Crippen LogP contribution in [0.15, 0.2) is 24.3 Å². The largest absolute Gasteiger partial charge is 0.382 e. The van der Waals surface area contributed by atoms with E-state index in [1.807, 2.05) is 13.8 Å². The first kappa shape index (κ1) is 27.3. The molecule has 2 unspecified atom stereocenters. The summed E-state index contributed by atoms with van der Waals surface area (Å²) in [6.45, 7) is 1.96. The Morgan fingerprint density at radius 1 is 1.26 bits per heavy atom. The van der Waals surface area contributed by atoms with Gasteiger partial charge in [0.15, 0.2) is 11.5 Å². The highest BCUT2D eigenvalue weighted by molar-refractivity contribution is 8.07. The number of nitrogens with one attached hydrogen (secondary N) is 1. The summed E-state index contributed by atoms with van der Waals surface area (Å²) in [4.78, 5) is 47.5. The van der Waals surface area contributed by atoms with E-state index in [-0.39, 0.29) is 30.4 Å². The van der Waals surface area contributed by atoms with E-state index in [1.165, 1.54) is 6.33 Å². The monoisotopic (exact) mass is 566 g/mol. The molecule has 2 aromatic heterocycles. The Morgan fingerprint density at radius 2 is 2.05 bits per heavy atom. The van der Waals surface area contributed by atoms with Crippen LogP contribution in [0.2, 0.25) is 0 Å². The number of fused-ring (bicyclic) bond motifs is 1. The van der Waals surface area contributed by atoms with Gasteiger partial charge in [-0.1, -0.05) is 19.9 Å². The summed E-state index contributed by atoms with van der Waals surface area (Å²) >= 11 is 5.33. The zero-order chi connectivity index (χ0) is 27.2. The van der Waals surface area contributed by atoms with E-state index in [1.54, 1.807) is 23.9 Å². The second-order valence-electron chi connectivity index (χ2n) is 9.88. The molecular formula is C23H31N6O7PS. The van der Waals surface area contributed by atoms with Gasteiger partial charge < -0.3 is 29.1 Å². The van der Waals surface area contributed by atoms with Crippen molar-refractivity contribution in [3.05, 3.63) is 24.3 Å². The molecule has 0 spiro atoms. The number of hydrogen-bond donors (Lipinski definition) is 3. The zero-order valence-corrected chi connectivity index (χ0v) is 22.9. The van der Waals surface area contributed by atoms with Crippen LogP contribution in [0, 0.1) is 11.8 Å². The standard InChI is InChI=1S/C23H31N6O7PS/c1-4-14-16(7-18(35-14)29-10-27-19-20(24)25-9-26-21(19)29)36-37(32,38)33-8-17-11(2)6-15(34-17)13-5-12(3)22(30)28-23(13)31/h5,9-11,13-18H,4,6-8H2,1-3H3,(H,32,38)(H2,24,25,26)(H,28,30,31)/t11-,13?,14+,15+,16-,17+,18+,37?/m0/s1. The van der Waals surface area contributed by atoms with E-state index >= 15 is 0 Å². The number of rotatable bonds is 8. The van der Waals surface area contributed by atoms with Crippen LogP contribution in [-0.4, -0.2) is 67.2 Å². The van der Waals surface area contributed by atoms with Gasteiger partial charge in [-0.15, -0.1) is 0 Å². The third-order valence-electron chi connectivity index (χ3n) is 7.27. The van der Waals surface area contributed by atoms with Crippen molar-refractivity contribution in [1.82, 2.24) is 24.8 Å². The SMILES string of the molecule is CC[C@H]1O[C@@H](n2cnc3c(N)ncnc32)C[C@@H]1OP(O)(=S)OC[C@H]1O[C@@H](C2C=C(C)C(=O)NC2=O)C[C@@H]1C. The predicted molar refractivity (Wildman–Crippen MR) is 139 cm³/mol. The van der Waals surface area contributed by atoms with Gasteiger partial charge in [-0.25, -0.2) is 15.0 Å². The maximum absolute atomic E-state index is 12.3. The molecule has 0 aliphatic carbocycles. The lowest BCUT2D eigenvalue weighted by Gasteiger charge is -2.26. The maximum atomic E-state index is 12.3. The van der Waals surface area contributed by atoms with Gasteiger partial charge in [0.2, 0.25) is 5.91 Å². The van der Waals surface area contributed by atoms with Crippen molar-refractivity contribution in [2.75, 3.05) is 12.3 Å². The van der Waals surface area contributed by atoms with Crippen molar-refractivity contribution >= 4 is 47.3 Å². The molecule has 206 valence electrons. The third kappa shape index (κ3) is 5.39. The summed E-state index contributed by atoms with van der Waals surface area (Å²) < 4.78 is 25.7. The molecule has 38 heavy (non-hydrogen) atoms. The quantitative estimate of drug-likeness (QED) is 0.312. The molecule has 2 amide bonds. The van der Waals surface area contributed by atoms with E-state index < -0.39 is 43.1 Å². The third-order valence-corrected chi connectivity index (χ3v) is 8.85. The first-order chi connectivity index (χ1) is 18.1. The number of nitrogens with two attached hydrogens (primary N) is 1. The molecule has 2 saturated heterocycles. The van der Waals surface area contributed by atoms with Crippen LogP contribution < -0.4 is 11.1 Å². The molecule has 3 aliphatic rings. The smallest absolute Gasteiger partial charge is 0.324 e. The van der Waals surface area contributed by atoms with Crippen LogP contribution >= 0.6 is 6.72 Å². The molecule has 0 aromatic carbocycles. The van der Waals surface area contributed by atoms with Crippen LogP contribution in [0.3, 0.4) is 0 Å². The normalized spacial score (nSPS) is 33.4. The number of imidazole rings is 1. The summed E-state index contributed by atoms with van der Waals surface area (Å²) in [5, 5.41) is 2.36. The van der Waals surface area contributed by atoms with Crippen molar-refractivity contribution in [2.24, 2.45) is 11.8 Å². The number of amides is 2. The number of carbonyl (C=O) groups is 2. The Kier molecular flexibility index (Phi) is 7.66. The molecule has 4 N–H and O–H groups in total. The van der Waals surface area contributed by atoms with E-state index in [0.29, 0.717) is 36.0 Å². The molecule has 5 rings (SSSR count). The number of aromatic nitrogens is 4. The lowest BCUT2D eigenvalue weighted by molar-refractivity contribution is -0.134. The predicted octanol–water partition coefficient (Wildman–Crippen LogP) is 1.74. The van der Waals surface area contributed by atoms with Gasteiger partial charge in [-0.05, 0) is 37.5 Å². The second kappa shape index (κ2) is 10.7. The van der Waals surface area contributed by atoms with Crippen molar-refractivity contribution in [2.45, 2.75) is 70.7 Å². The molecule has 13 nitrogen and oxygen atoms in total. The topological polar surface area (TPSA) is 173 Å². The molecule has 5 heterocycles. The summed E-state index contributed by atoms with van der Waals surface area (Å²) in [5.74, 6) is -1.01. The van der Waals surface area contributed by atoms with Crippen LogP contribution in [0.4, 0.5) is 5.82 Å². The average Bonchev–Trinajstić information content (AvgIpc) is 3.57. The number of hydrogen-bond acceptors (Lipinski definition) is 11. The molecule has 15 heteroatoms. The first-order valence-corrected chi connectivity index (χ1v) is 15.1.